The normalized spacial score (nSPS) is 16.3. The van der Waals surface area contributed by atoms with Crippen molar-refractivity contribution >= 4 is 5.91 Å². The molecule has 0 radical (unpaired) electrons. The van der Waals surface area contributed by atoms with Crippen LogP contribution in [0.3, 0.4) is 0 Å². The number of carbonyl (C=O) groups is 1. The smallest absolute Gasteiger partial charge is 0.256 e. The van der Waals surface area contributed by atoms with Gasteiger partial charge in [-0.05, 0) is 37.9 Å². The highest BCUT2D eigenvalue weighted by Crippen LogP contribution is 2.19. The third-order valence-corrected chi connectivity index (χ3v) is 3.73. The van der Waals surface area contributed by atoms with Crippen molar-refractivity contribution in [2.45, 2.75) is 32.2 Å². The number of hydrogen-bond donors (Lipinski definition) is 1. The molecule has 3 nitrogen and oxygen atoms in total. The van der Waals surface area contributed by atoms with E-state index in [-0.39, 0.29) is 0 Å². The fourth-order valence-corrected chi connectivity index (χ4v) is 2.50. The highest BCUT2D eigenvalue weighted by Gasteiger charge is 2.26. The van der Waals surface area contributed by atoms with Crippen LogP contribution in [-0.2, 0) is 0 Å². The second-order valence-electron chi connectivity index (χ2n) is 5.24. The van der Waals surface area contributed by atoms with Gasteiger partial charge in [-0.2, -0.15) is 0 Å². The summed E-state index contributed by atoms with van der Waals surface area (Å²) < 4.78 is 39.7. The Kier molecular flexibility index (Phi) is 5.22. The fraction of sp³-hybridized carbons (Fsp3) is 0.533. The number of carbonyl (C=O) groups excluding carboxylic acids is 1. The number of rotatable bonds is 4. The molecule has 116 valence electrons. The first-order valence-electron chi connectivity index (χ1n) is 7.20. The zero-order valence-electron chi connectivity index (χ0n) is 12.0. The summed E-state index contributed by atoms with van der Waals surface area (Å²) in [6.07, 6.45) is 2.59. The molecule has 1 fully saturated rings. The van der Waals surface area contributed by atoms with E-state index < -0.39 is 28.9 Å². The van der Waals surface area contributed by atoms with Crippen LogP contribution in [0, 0.1) is 17.5 Å². The van der Waals surface area contributed by atoms with Gasteiger partial charge >= 0.3 is 0 Å². The number of hydrogen-bond acceptors (Lipinski definition) is 2. The molecule has 1 aromatic carbocycles. The lowest BCUT2D eigenvalue weighted by atomic mass is 10.0. The van der Waals surface area contributed by atoms with Crippen LogP contribution >= 0.6 is 0 Å². The van der Waals surface area contributed by atoms with Crippen LogP contribution < -0.4 is 5.32 Å². The summed E-state index contributed by atoms with van der Waals surface area (Å²) in [7, 11) is 0. The van der Waals surface area contributed by atoms with Crippen LogP contribution in [0.25, 0.3) is 0 Å². The predicted molar refractivity (Wildman–Crippen MR) is 73.5 cm³/mol. The van der Waals surface area contributed by atoms with Crippen molar-refractivity contribution in [3.8, 4) is 0 Å². The average molecular weight is 300 g/mol. The third kappa shape index (κ3) is 3.56. The van der Waals surface area contributed by atoms with Crippen LogP contribution in [0.1, 0.15) is 36.5 Å². The van der Waals surface area contributed by atoms with Gasteiger partial charge in [-0.15, -0.1) is 0 Å². The van der Waals surface area contributed by atoms with Crippen molar-refractivity contribution < 1.29 is 18.0 Å². The number of piperidine rings is 1. The van der Waals surface area contributed by atoms with Crippen molar-refractivity contribution in [3.63, 3.8) is 0 Å². The summed E-state index contributed by atoms with van der Waals surface area (Å²) in [6, 6.07) is 2.13. The molecule has 1 N–H and O–H groups in total. The van der Waals surface area contributed by atoms with Gasteiger partial charge in [0.2, 0.25) is 0 Å². The maximum Gasteiger partial charge on any atom is 0.256 e. The van der Waals surface area contributed by atoms with Crippen LogP contribution in [0.2, 0.25) is 0 Å². The van der Waals surface area contributed by atoms with E-state index in [2.05, 4.69) is 12.2 Å². The molecule has 0 unspecified atom stereocenters. The Balaban J connectivity index is 2.01. The predicted octanol–water partition coefficient (Wildman–Crippen LogP) is 2.71. The second kappa shape index (κ2) is 6.93. The van der Waals surface area contributed by atoms with Crippen LogP contribution in [-0.4, -0.2) is 36.5 Å². The molecule has 0 atom stereocenters. The Morgan fingerprint density at radius 1 is 1.24 bits per heavy atom. The molecule has 21 heavy (non-hydrogen) atoms. The summed E-state index contributed by atoms with van der Waals surface area (Å²) >= 11 is 0. The first-order valence-corrected chi connectivity index (χ1v) is 7.20. The van der Waals surface area contributed by atoms with E-state index in [9.17, 15) is 18.0 Å². The summed E-state index contributed by atoms with van der Waals surface area (Å²) in [5, 5.41) is 3.38. The lowest BCUT2D eigenvalue weighted by Crippen LogP contribution is -2.45. The lowest BCUT2D eigenvalue weighted by Gasteiger charge is -2.32. The molecule has 1 heterocycles. The summed E-state index contributed by atoms with van der Waals surface area (Å²) in [5.74, 6) is -4.88. The summed E-state index contributed by atoms with van der Waals surface area (Å²) in [4.78, 5) is 13.7. The lowest BCUT2D eigenvalue weighted by molar-refractivity contribution is 0.0699. The van der Waals surface area contributed by atoms with E-state index in [4.69, 9.17) is 0 Å². The minimum absolute atomic E-state index is 0.351. The first-order chi connectivity index (χ1) is 10.0. The molecule has 1 aromatic rings. The van der Waals surface area contributed by atoms with Crippen molar-refractivity contribution in [3.05, 3.63) is 35.1 Å². The molecule has 0 saturated carbocycles. The third-order valence-electron chi connectivity index (χ3n) is 3.73. The maximum atomic E-state index is 13.6. The van der Waals surface area contributed by atoms with Crippen molar-refractivity contribution in [2.75, 3.05) is 19.6 Å². The van der Waals surface area contributed by atoms with Crippen LogP contribution in [0.15, 0.2) is 12.1 Å². The second-order valence-corrected chi connectivity index (χ2v) is 5.24. The Bertz CT molecular complexity index is 514. The summed E-state index contributed by atoms with van der Waals surface area (Å²) in [6.45, 7) is 3.98. The van der Waals surface area contributed by atoms with E-state index >= 15 is 0 Å². The Morgan fingerprint density at radius 2 is 1.90 bits per heavy atom. The van der Waals surface area contributed by atoms with Gasteiger partial charge < -0.3 is 10.2 Å². The standard InChI is InChI=1S/C15H19F3N2O/c1-2-7-19-10-5-8-20(9-6-10)15(21)11-3-4-12(16)14(18)13(11)17/h3-4,10,19H,2,5-9H2,1H3. The van der Waals surface area contributed by atoms with Gasteiger partial charge in [-0.25, -0.2) is 13.2 Å². The largest absolute Gasteiger partial charge is 0.338 e. The van der Waals surface area contributed by atoms with Gasteiger partial charge in [0.15, 0.2) is 17.5 Å². The topological polar surface area (TPSA) is 32.3 Å². The molecule has 1 amide bonds. The van der Waals surface area contributed by atoms with Gasteiger partial charge in [0, 0.05) is 19.1 Å². The van der Waals surface area contributed by atoms with Gasteiger partial charge in [0.05, 0.1) is 5.56 Å². The number of halogens is 3. The highest BCUT2D eigenvalue weighted by molar-refractivity contribution is 5.94. The van der Waals surface area contributed by atoms with Crippen LogP contribution in [0.5, 0.6) is 0 Å². The molecular formula is C15H19F3N2O. The molecule has 0 aliphatic carbocycles. The van der Waals surface area contributed by atoms with Gasteiger partial charge in [0.1, 0.15) is 0 Å². The van der Waals surface area contributed by atoms with Crippen molar-refractivity contribution in [1.29, 1.82) is 0 Å². The number of likely N-dealkylation sites (tertiary alicyclic amines) is 1. The van der Waals surface area contributed by atoms with E-state index in [1.54, 1.807) is 0 Å². The van der Waals surface area contributed by atoms with E-state index in [1.807, 2.05) is 0 Å². The number of nitrogens with zero attached hydrogens (tertiary/aromatic N) is 1. The molecule has 1 saturated heterocycles. The first kappa shape index (κ1) is 15.8. The molecule has 0 aromatic heterocycles. The van der Waals surface area contributed by atoms with Crippen molar-refractivity contribution in [1.82, 2.24) is 10.2 Å². The minimum atomic E-state index is -1.60. The van der Waals surface area contributed by atoms with Crippen LogP contribution in [0.4, 0.5) is 13.2 Å². The Morgan fingerprint density at radius 3 is 2.52 bits per heavy atom. The zero-order valence-corrected chi connectivity index (χ0v) is 12.0. The monoisotopic (exact) mass is 300 g/mol. The molecule has 2 rings (SSSR count). The molecule has 0 spiro atoms. The van der Waals surface area contributed by atoms with E-state index in [0.717, 1.165) is 37.9 Å². The molecule has 6 heteroatoms. The fourth-order valence-electron chi connectivity index (χ4n) is 2.50. The number of nitrogens with one attached hydrogen (secondary N) is 1. The Labute approximate surface area is 122 Å². The average Bonchev–Trinajstić information content (AvgIpc) is 2.51. The van der Waals surface area contributed by atoms with E-state index in [0.29, 0.717) is 19.1 Å². The zero-order chi connectivity index (χ0) is 15.4. The SMILES string of the molecule is CCCNC1CCN(C(=O)c2ccc(F)c(F)c2F)CC1. The van der Waals surface area contributed by atoms with Gasteiger partial charge in [-0.3, -0.25) is 4.79 Å². The molecule has 1 aliphatic rings. The van der Waals surface area contributed by atoms with E-state index in [1.165, 1.54) is 4.90 Å². The highest BCUT2D eigenvalue weighted by atomic mass is 19.2. The molecule has 1 aliphatic heterocycles. The Hall–Kier alpha value is -1.56. The number of benzene rings is 1. The number of amides is 1. The quantitative estimate of drug-likeness (QED) is 0.867. The molecular weight excluding hydrogens is 281 g/mol. The van der Waals surface area contributed by atoms with Crippen molar-refractivity contribution in [2.24, 2.45) is 0 Å². The van der Waals surface area contributed by atoms with Gasteiger partial charge in [0.25, 0.3) is 5.91 Å². The summed E-state index contributed by atoms with van der Waals surface area (Å²) in [5.41, 5.74) is -0.408. The van der Waals surface area contributed by atoms with Gasteiger partial charge in [-0.1, -0.05) is 6.92 Å². The minimum Gasteiger partial charge on any atom is -0.338 e. The molecule has 0 bridgehead atoms. The maximum absolute atomic E-state index is 13.6.